The molecule has 1 aliphatic rings. The number of benzene rings is 1. The Morgan fingerprint density at radius 2 is 1.72 bits per heavy atom. The highest BCUT2D eigenvalue weighted by molar-refractivity contribution is 5.70. The number of alkyl halides is 3. The Hall–Kier alpha value is -4.08. The van der Waals surface area contributed by atoms with Crippen molar-refractivity contribution in [2.45, 2.75) is 25.4 Å². The number of hydrogen-bond acceptors (Lipinski definition) is 5. The Kier molecular flexibility index (Phi) is 6.03. The summed E-state index contributed by atoms with van der Waals surface area (Å²) in [4.78, 5) is 23.4. The lowest BCUT2D eigenvalue weighted by Crippen LogP contribution is -2.31. The number of aryl methyl sites for hydroxylation is 1. The van der Waals surface area contributed by atoms with E-state index in [-0.39, 0.29) is 11.4 Å². The summed E-state index contributed by atoms with van der Waals surface area (Å²) >= 11 is 0. The molecule has 0 amide bonds. The van der Waals surface area contributed by atoms with E-state index in [0.29, 0.717) is 30.3 Å². The number of imidazole rings is 1. The van der Waals surface area contributed by atoms with Gasteiger partial charge in [-0.25, -0.2) is 9.78 Å². The number of halogens is 3. The van der Waals surface area contributed by atoms with Gasteiger partial charge in [-0.1, -0.05) is 0 Å². The van der Waals surface area contributed by atoms with Crippen LogP contribution in [0.5, 0.6) is 0 Å². The molecule has 2 N–H and O–H groups in total. The Bertz CT molecular complexity index is 1450. The molecule has 0 bridgehead atoms. The topological polar surface area (TPSA) is 82.0 Å². The van der Waals surface area contributed by atoms with Gasteiger partial charge >= 0.3 is 11.9 Å². The monoisotopic (exact) mass is 494 g/mol. The van der Waals surface area contributed by atoms with Crippen molar-refractivity contribution in [2.75, 3.05) is 23.7 Å². The van der Waals surface area contributed by atoms with Crippen molar-refractivity contribution in [1.82, 2.24) is 19.1 Å². The smallest absolute Gasteiger partial charge is 0.384 e. The number of anilines is 2. The van der Waals surface area contributed by atoms with Crippen molar-refractivity contribution in [1.29, 1.82) is 0 Å². The second-order valence-corrected chi connectivity index (χ2v) is 8.89. The number of aromatic nitrogens is 4. The van der Waals surface area contributed by atoms with Crippen LogP contribution < -0.4 is 16.3 Å². The van der Waals surface area contributed by atoms with Crippen LogP contribution in [-0.4, -0.2) is 32.2 Å². The van der Waals surface area contributed by atoms with Crippen molar-refractivity contribution >= 4 is 11.5 Å². The van der Waals surface area contributed by atoms with Crippen LogP contribution in [0.15, 0.2) is 65.8 Å². The molecule has 0 spiro atoms. The maximum atomic E-state index is 14.2. The van der Waals surface area contributed by atoms with Gasteiger partial charge in [-0.3, -0.25) is 9.55 Å². The minimum atomic E-state index is -4.57. The molecule has 0 saturated carbocycles. The van der Waals surface area contributed by atoms with Crippen molar-refractivity contribution in [2.24, 2.45) is 7.05 Å². The molecule has 4 heterocycles. The largest absolute Gasteiger partial charge is 0.418 e. The Morgan fingerprint density at radius 1 is 0.944 bits per heavy atom. The summed E-state index contributed by atoms with van der Waals surface area (Å²) in [6, 6.07) is 11.1. The van der Waals surface area contributed by atoms with Crippen molar-refractivity contribution < 1.29 is 13.2 Å². The predicted molar refractivity (Wildman–Crippen MR) is 133 cm³/mol. The number of nitrogen functional groups attached to an aromatic ring is 1. The van der Waals surface area contributed by atoms with Gasteiger partial charge in [0.25, 0.3) is 0 Å². The third-order valence-corrected chi connectivity index (χ3v) is 6.43. The highest BCUT2D eigenvalue weighted by Crippen LogP contribution is 2.39. The predicted octanol–water partition coefficient (Wildman–Crippen LogP) is 4.89. The first-order chi connectivity index (χ1) is 17.2. The molecular weight excluding hydrogens is 469 g/mol. The molecule has 0 radical (unpaired) electrons. The molecule has 1 saturated heterocycles. The maximum absolute atomic E-state index is 14.2. The van der Waals surface area contributed by atoms with Gasteiger partial charge in [0.05, 0.1) is 22.6 Å². The Labute approximate surface area is 205 Å². The lowest BCUT2D eigenvalue weighted by molar-refractivity contribution is -0.137. The summed E-state index contributed by atoms with van der Waals surface area (Å²) in [5.41, 5.74) is 7.14. The van der Waals surface area contributed by atoms with E-state index in [1.165, 1.54) is 15.2 Å². The van der Waals surface area contributed by atoms with Crippen LogP contribution in [0.2, 0.25) is 0 Å². The first kappa shape index (κ1) is 23.7. The summed E-state index contributed by atoms with van der Waals surface area (Å²) in [5.74, 6) is 0.387. The number of rotatable bonds is 4. The summed E-state index contributed by atoms with van der Waals surface area (Å²) in [6.07, 6.45) is 2.94. The lowest BCUT2D eigenvalue weighted by Gasteiger charge is -2.31. The van der Waals surface area contributed by atoms with Crippen LogP contribution in [0.4, 0.5) is 24.7 Å². The van der Waals surface area contributed by atoms with E-state index >= 15 is 0 Å². The van der Waals surface area contributed by atoms with Crippen LogP contribution in [0.1, 0.15) is 24.8 Å². The number of nitrogens with two attached hydrogens (primary N) is 1. The Morgan fingerprint density at radius 3 is 2.42 bits per heavy atom. The van der Waals surface area contributed by atoms with Gasteiger partial charge in [0.15, 0.2) is 0 Å². The van der Waals surface area contributed by atoms with Crippen molar-refractivity contribution in [3.05, 3.63) is 77.1 Å². The molecule has 4 aromatic rings. The summed E-state index contributed by atoms with van der Waals surface area (Å²) in [6.45, 7) is 1.16. The van der Waals surface area contributed by atoms with Gasteiger partial charge in [-0.15, -0.1) is 0 Å². The molecule has 5 rings (SSSR count). The van der Waals surface area contributed by atoms with E-state index in [4.69, 9.17) is 5.73 Å². The fraction of sp³-hybridized carbons (Fsp3) is 0.269. The molecule has 186 valence electrons. The molecular formula is C26H25F3N6O. The van der Waals surface area contributed by atoms with Crippen LogP contribution in [0.25, 0.3) is 28.2 Å². The highest BCUT2D eigenvalue weighted by Gasteiger charge is 2.36. The first-order valence-electron chi connectivity index (χ1n) is 11.7. The fourth-order valence-electron chi connectivity index (χ4n) is 4.61. The van der Waals surface area contributed by atoms with Crippen molar-refractivity contribution in [3.63, 3.8) is 0 Å². The number of pyridine rings is 2. The molecule has 7 nitrogen and oxygen atoms in total. The van der Waals surface area contributed by atoms with Gasteiger partial charge in [0.2, 0.25) is 0 Å². The molecule has 0 atom stereocenters. The second kappa shape index (κ2) is 9.18. The van der Waals surface area contributed by atoms with E-state index in [2.05, 4.69) is 9.97 Å². The van der Waals surface area contributed by atoms with Gasteiger partial charge < -0.3 is 15.2 Å². The van der Waals surface area contributed by atoms with E-state index in [9.17, 15) is 18.0 Å². The summed E-state index contributed by atoms with van der Waals surface area (Å²) < 4.78 is 45.1. The second-order valence-electron chi connectivity index (χ2n) is 8.89. The third kappa shape index (κ3) is 4.46. The standard InChI is InChI=1S/C26H25F3N6O/c1-33-16-23(21-13-17(9-10-31-21)18-5-8-24(30)32-15-18)35(25(33)36)19-6-7-22(20(14-19)26(27,28)29)34-11-3-2-4-12-34/h5-10,13-16H,2-4,11-12H2,1H3,(H2,30,32). The average molecular weight is 495 g/mol. The maximum Gasteiger partial charge on any atom is 0.418 e. The van der Waals surface area contributed by atoms with E-state index < -0.39 is 17.4 Å². The quantitative estimate of drug-likeness (QED) is 0.437. The normalized spacial score (nSPS) is 14.3. The van der Waals surface area contributed by atoms with Gasteiger partial charge in [0.1, 0.15) is 5.82 Å². The molecule has 0 aliphatic carbocycles. The molecule has 36 heavy (non-hydrogen) atoms. The minimum absolute atomic E-state index is 0.130. The Balaban J connectivity index is 1.63. The van der Waals surface area contributed by atoms with Crippen LogP contribution >= 0.6 is 0 Å². The fourth-order valence-corrected chi connectivity index (χ4v) is 4.61. The zero-order chi connectivity index (χ0) is 25.4. The van der Waals surface area contributed by atoms with Crippen molar-refractivity contribution in [3.8, 4) is 28.2 Å². The van der Waals surface area contributed by atoms with E-state index in [1.807, 2.05) is 6.07 Å². The SMILES string of the molecule is Cn1cc(-c2cc(-c3ccc(N)nc3)ccn2)n(-c2ccc(N3CCCCC3)c(C(F)(F)F)c2)c1=O. The zero-order valence-electron chi connectivity index (χ0n) is 19.7. The molecule has 3 aromatic heterocycles. The minimum Gasteiger partial charge on any atom is -0.384 e. The average Bonchev–Trinajstić information content (AvgIpc) is 3.18. The van der Waals surface area contributed by atoms with Gasteiger partial charge in [-0.05, 0) is 67.3 Å². The number of piperidine rings is 1. The summed E-state index contributed by atoms with van der Waals surface area (Å²) in [5, 5.41) is 0. The van der Waals surface area contributed by atoms with Crippen LogP contribution in [-0.2, 0) is 13.2 Å². The number of hydrogen-bond donors (Lipinski definition) is 1. The summed E-state index contributed by atoms with van der Waals surface area (Å²) in [7, 11) is 1.56. The first-order valence-corrected chi connectivity index (χ1v) is 11.7. The highest BCUT2D eigenvalue weighted by atomic mass is 19.4. The molecule has 10 heteroatoms. The van der Waals surface area contributed by atoms with Crippen LogP contribution in [0, 0.1) is 0 Å². The molecule has 0 unspecified atom stereocenters. The van der Waals surface area contributed by atoms with E-state index in [0.717, 1.165) is 36.5 Å². The lowest BCUT2D eigenvalue weighted by atomic mass is 10.1. The van der Waals surface area contributed by atoms with Gasteiger partial charge in [0, 0.05) is 50.0 Å². The molecule has 1 fully saturated rings. The van der Waals surface area contributed by atoms with E-state index in [1.54, 1.807) is 54.8 Å². The third-order valence-electron chi connectivity index (χ3n) is 6.43. The zero-order valence-corrected chi connectivity index (χ0v) is 19.7. The van der Waals surface area contributed by atoms with Crippen LogP contribution in [0.3, 0.4) is 0 Å². The van der Waals surface area contributed by atoms with Gasteiger partial charge in [-0.2, -0.15) is 13.2 Å². The molecule has 1 aromatic carbocycles. The number of nitrogens with zero attached hydrogens (tertiary/aromatic N) is 5. The molecule has 1 aliphatic heterocycles.